The molecule has 0 N–H and O–H groups in total. The minimum Gasteiger partial charge on any atom is -0.299 e. The molecule has 0 saturated heterocycles. The molecule has 1 fully saturated rings. The zero-order valence-corrected chi connectivity index (χ0v) is 13.0. The Morgan fingerprint density at radius 2 is 2.00 bits per heavy atom. The van der Waals surface area contributed by atoms with Crippen molar-refractivity contribution in [1.82, 2.24) is 0 Å². The number of allylic oxidation sites excluding steroid dienone is 8. The lowest BCUT2D eigenvalue weighted by atomic mass is 9.64. The van der Waals surface area contributed by atoms with Crippen molar-refractivity contribution in [3.05, 3.63) is 46.1 Å². The van der Waals surface area contributed by atoms with E-state index in [0.29, 0.717) is 11.2 Å². The van der Waals surface area contributed by atoms with Crippen LogP contribution in [0.25, 0.3) is 0 Å². The molecule has 4 atom stereocenters. The van der Waals surface area contributed by atoms with Gasteiger partial charge in [-0.15, -0.1) is 0 Å². The van der Waals surface area contributed by atoms with E-state index in [1.807, 2.05) is 11.1 Å². The van der Waals surface area contributed by atoms with E-state index in [2.05, 4.69) is 18.2 Å². The van der Waals surface area contributed by atoms with Crippen LogP contribution in [0.1, 0.15) is 51.4 Å². The summed E-state index contributed by atoms with van der Waals surface area (Å²) in [5, 5.41) is 0. The second-order valence-electron chi connectivity index (χ2n) is 8.35. The van der Waals surface area contributed by atoms with E-state index in [0.717, 1.165) is 24.7 Å². The smallest absolute Gasteiger partial charge is 0.144 e. The fourth-order valence-corrected chi connectivity index (χ4v) is 6.79. The maximum absolute atomic E-state index is 12.4. The SMILES string of the molecule is O=C1CCC2=C3C=C(C=CC13)C1CCC3=C(C1)C1CCC32C1. The minimum atomic E-state index is 0.0862. The number of Topliss-reactive ketones (excluding diaryl/α,β-unsaturated/α-hetero) is 1. The summed E-state index contributed by atoms with van der Waals surface area (Å²) in [4.78, 5) is 12.4. The van der Waals surface area contributed by atoms with Crippen molar-refractivity contribution in [2.24, 2.45) is 23.2 Å². The number of hydrogen-bond donors (Lipinski definition) is 0. The first-order valence-electron chi connectivity index (χ1n) is 9.15. The lowest BCUT2D eigenvalue weighted by Gasteiger charge is -2.40. The molecule has 0 aromatic rings. The van der Waals surface area contributed by atoms with Gasteiger partial charge in [-0.3, -0.25) is 4.79 Å². The Bertz CT molecular complexity index is 744. The largest absolute Gasteiger partial charge is 0.299 e. The number of rotatable bonds is 0. The fourth-order valence-electron chi connectivity index (χ4n) is 6.79. The third-order valence-corrected chi connectivity index (χ3v) is 7.69. The van der Waals surface area contributed by atoms with E-state index in [-0.39, 0.29) is 5.92 Å². The molecule has 7 bridgehead atoms. The average molecular weight is 290 g/mol. The summed E-state index contributed by atoms with van der Waals surface area (Å²) < 4.78 is 0. The van der Waals surface area contributed by atoms with Gasteiger partial charge in [0.1, 0.15) is 5.78 Å². The van der Waals surface area contributed by atoms with Gasteiger partial charge in [-0.05, 0) is 67.9 Å². The van der Waals surface area contributed by atoms with Crippen LogP contribution < -0.4 is 0 Å². The van der Waals surface area contributed by atoms with Crippen molar-refractivity contribution in [3.63, 3.8) is 0 Å². The summed E-state index contributed by atoms with van der Waals surface area (Å²) in [6.07, 6.45) is 16.9. The lowest BCUT2D eigenvalue weighted by molar-refractivity contribution is -0.121. The number of ketones is 1. The molecule has 112 valence electrons. The third kappa shape index (κ3) is 1.23. The van der Waals surface area contributed by atoms with Crippen LogP contribution >= 0.6 is 0 Å². The third-order valence-electron chi connectivity index (χ3n) is 7.69. The number of carbonyl (C=O) groups excluding carboxylic acids is 1. The van der Waals surface area contributed by atoms with Crippen LogP contribution in [0.4, 0.5) is 0 Å². The molecule has 1 spiro atoms. The van der Waals surface area contributed by atoms with Crippen LogP contribution in [-0.2, 0) is 4.79 Å². The molecule has 0 aliphatic heterocycles. The van der Waals surface area contributed by atoms with Crippen LogP contribution in [0, 0.1) is 23.2 Å². The number of carbonyl (C=O) groups is 1. The van der Waals surface area contributed by atoms with Gasteiger partial charge in [0, 0.05) is 11.8 Å². The number of fused-ring (bicyclic) bond motifs is 2. The Hall–Kier alpha value is -1.37. The Morgan fingerprint density at radius 1 is 1.05 bits per heavy atom. The standard InChI is InChI=1S/C21H22O/c22-20-6-5-19-17-10-12(1-3-15(17)20)13-2-4-18-16(9-13)14-7-8-21(18,19)11-14/h1,3,10,13-15H,2,4-9,11H2. The van der Waals surface area contributed by atoms with E-state index < -0.39 is 0 Å². The van der Waals surface area contributed by atoms with Gasteiger partial charge in [0.05, 0.1) is 5.92 Å². The second kappa shape index (κ2) is 3.75. The molecule has 0 radical (unpaired) electrons. The summed E-state index contributed by atoms with van der Waals surface area (Å²) in [7, 11) is 0. The summed E-state index contributed by atoms with van der Waals surface area (Å²) >= 11 is 0. The highest BCUT2D eigenvalue weighted by atomic mass is 16.1. The molecule has 0 heterocycles. The van der Waals surface area contributed by atoms with Gasteiger partial charge in [0.2, 0.25) is 0 Å². The topological polar surface area (TPSA) is 17.1 Å². The van der Waals surface area contributed by atoms with E-state index >= 15 is 0 Å². The van der Waals surface area contributed by atoms with Gasteiger partial charge in [0.25, 0.3) is 0 Å². The van der Waals surface area contributed by atoms with Gasteiger partial charge in [-0.1, -0.05) is 34.9 Å². The quantitative estimate of drug-likeness (QED) is 0.593. The van der Waals surface area contributed by atoms with Crippen molar-refractivity contribution in [2.45, 2.75) is 51.4 Å². The van der Waals surface area contributed by atoms with Gasteiger partial charge in [-0.2, -0.15) is 0 Å². The van der Waals surface area contributed by atoms with Crippen LogP contribution in [0.3, 0.4) is 0 Å². The maximum Gasteiger partial charge on any atom is 0.144 e. The normalized spacial score (nSPS) is 44.3. The molecule has 7 aliphatic rings. The first kappa shape index (κ1) is 12.1. The van der Waals surface area contributed by atoms with E-state index in [4.69, 9.17) is 0 Å². The average Bonchev–Trinajstić information content (AvgIpc) is 3.13. The molecule has 1 saturated carbocycles. The van der Waals surface area contributed by atoms with Gasteiger partial charge in [0.15, 0.2) is 0 Å². The van der Waals surface area contributed by atoms with Crippen molar-refractivity contribution in [3.8, 4) is 0 Å². The molecule has 0 aromatic heterocycles. The van der Waals surface area contributed by atoms with Crippen molar-refractivity contribution < 1.29 is 4.79 Å². The highest BCUT2D eigenvalue weighted by molar-refractivity contribution is 5.89. The zero-order chi connectivity index (χ0) is 14.5. The second-order valence-corrected chi connectivity index (χ2v) is 8.35. The van der Waals surface area contributed by atoms with Gasteiger partial charge >= 0.3 is 0 Å². The predicted octanol–water partition coefficient (Wildman–Crippen LogP) is 4.67. The summed E-state index contributed by atoms with van der Waals surface area (Å²) in [5.74, 6) is 2.14. The summed E-state index contributed by atoms with van der Waals surface area (Å²) in [6, 6.07) is 0. The van der Waals surface area contributed by atoms with Crippen molar-refractivity contribution in [1.29, 1.82) is 0 Å². The zero-order valence-electron chi connectivity index (χ0n) is 13.0. The van der Waals surface area contributed by atoms with E-state index in [9.17, 15) is 4.79 Å². The van der Waals surface area contributed by atoms with Crippen LogP contribution in [0.5, 0.6) is 0 Å². The van der Waals surface area contributed by atoms with Gasteiger partial charge in [-0.25, -0.2) is 0 Å². The predicted molar refractivity (Wildman–Crippen MR) is 86.1 cm³/mol. The monoisotopic (exact) mass is 290 g/mol. The first-order valence-corrected chi connectivity index (χ1v) is 9.15. The molecular formula is C21H22O. The molecule has 1 heteroatoms. The maximum atomic E-state index is 12.4. The molecule has 1 nitrogen and oxygen atoms in total. The molecule has 4 unspecified atom stereocenters. The summed E-state index contributed by atoms with van der Waals surface area (Å²) in [6.45, 7) is 0. The van der Waals surface area contributed by atoms with E-state index in [1.54, 1.807) is 5.57 Å². The van der Waals surface area contributed by atoms with Crippen LogP contribution in [0.15, 0.2) is 46.1 Å². The minimum absolute atomic E-state index is 0.0862. The number of hydrogen-bond acceptors (Lipinski definition) is 1. The fraction of sp³-hybridized carbons (Fsp3) is 0.571. The molecule has 22 heavy (non-hydrogen) atoms. The lowest BCUT2D eigenvalue weighted by Crippen LogP contribution is -2.30. The Morgan fingerprint density at radius 3 is 2.95 bits per heavy atom. The first-order chi connectivity index (χ1) is 10.8. The molecule has 0 amide bonds. The van der Waals surface area contributed by atoms with E-state index in [1.165, 1.54) is 49.7 Å². The molecule has 0 aromatic carbocycles. The molecule has 7 aliphatic carbocycles. The molecule has 7 rings (SSSR count). The Labute approximate surface area is 131 Å². The van der Waals surface area contributed by atoms with Crippen LogP contribution in [0.2, 0.25) is 0 Å². The highest BCUT2D eigenvalue weighted by Gasteiger charge is 2.55. The highest BCUT2D eigenvalue weighted by Crippen LogP contribution is 2.67. The summed E-state index contributed by atoms with van der Waals surface area (Å²) in [5.41, 5.74) is 8.73. The molecular weight excluding hydrogens is 268 g/mol. The van der Waals surface area contributed by atoms with Crippen molar-refractivity contribution >= 4 is 5.78 Å². The van der Waals surface area contributed by atoms with Gasteiger partial charge < -0.3 is 0 Å². The Kier molecular flexibility index (Phi) is 2.06. The Balaban J connectivity index is 1.69. The van der Waals surface area contributed by atoms with Crippen LogP contribution in [-0.4, -0.2) is 5.78 Å². The van der Waals surface area contributed by atoms with Crippen molar-refractivity contribution in [2.75, 3.05) is 0 Å².